The maximum absolute atomic E-state index is 5.32. The van der Waals surface area contributed by atoms with Gasteiger partial charge in [-0.2, -0.15) is 5.10 Å². The Bertz CT molecular complexity index is 325. The first-order valence-corrected chi connectivity index (χ1v) is 7.00. The Hall–Kier alpha value is -0.870. The van der Waals surface area contributed by atoms with E-state index in [0.29, 0.717) is 12.1 Å². The summed E-state index contributed by atoms with van der Waals surface area (Å²) in [6, 6.07) is 2.50. The smallest absolute Gasteiger partial charge is 0.0553 e. The van der Waals surface area contributed by atoms with Gasteiger partial charge in [0, 0.05) is 25.9 Å². The van der Waals surface area contributed by atoms with Gasteiger partial charge in [-0.15, -0.1) is 0 Å². The number of aryl methyl sites for hydroxylation is 1. The van der Waals surface area contributed by atoms with E-state index in [1.165, 1.54) is 5.69 Å². The molecule has 4 nitrogen and oxygen atoms in total. The van der Waals surface area contributed by atoms with E-state index in [2.05, 4.69) is 41.9 Å². The molecular weight excluding hydrogens is 226 g/mol. The molecule has 4 heteroatoms. The molecule has 2 atom stereocenters. The van der Waals surface area contributed by atoms with Crippen molar-refractivity contribution in [1.82, 2.24) is 15.1 Å². The van der Waals surface area contributed by atoms with Crippen molar-refractivity contribution in [3.63, 3.8) is 0 Å². The Labute approximate surface area is 111 Å². The fourth-order valence-electron chi connectivity index (χ4n) is 2.16. The normalized spacial score (nSPS) is 14.7. The Kier molecular flexibility index (Phi) is 6.98. The van der Waals surface area contributed by atoms with Gasteiger partial charge in [-0.25, -0.2) is 0 Å². The number of hydrogen-bond donors (Lipinski definition) is 1. The van der Waals surface area contributed by atoms with Crippen molar-refractivity contribution in [2.45, 2.75) is 58.7 Å². The van der Waals surface area contributed by atoms with Crippen molar-refractivity contribution in [1.29, 1.82) is 0 Å². The molecule has 0 amide bonds. The highest BCUT2D eigenvalue weighted by Gasteiger charge is 2.16. The van der Waals surface area contributed by atoms with Crippen molar-refractivity contribution < 1.29 is 4.74 Å². The molecule has 0 aliphatic heterocycles. The molecular formula is C14H27N3O. The first kappa shape index (κ1) is 15.2. The molecule has 0 radical (unpaired) electrons. The molecule has 0 bridgehead atoms. The third-order valence-electron chi connectivity index (χ3n) is 3.26. The zero-order valence-corrected chi connectivity index (χ0v) is 12.1. The van der Waals surface area contributed by atoms with E-state index in [1.54, 1.807) is 7.11 Å². The Morgan fingerprint density at radius 2 is 2.17 bits per heavy atom. The van der Waals surface area contributed by atoms with E-state index in [4.69, 9.17) is 4.74 Å². The molecule has 0 saturated heterocycles. The molecule has 0 aromatic carbocycles. The largest absolute Gasteiger partial charge is 0.382 e. The molecule has 2 unspecified atom stereocenters. The molecule has 1 heterocycles. The lowest BCUT2D eigenvalue weighted by Gasteiger charge is -2.21. The van der Waals surface area contributed by atoms with E-state index in [0.717, 1.165) is 32.4 Å². The van der Waals surface area contributed by atoms with Gasteiger partial charge in [-0.3, -0.25) is 4.68 Å². The molecule has 0 aliphatic rings. The Morgan fingerprint density at radius 3 is 2.78 bits per heavy atom. The minimum Gasteiger partial charge on any atom is -0.382 e. The SMILES string of the molecule is CCCn1nccc1C(CCC(C)OC)NCC. The van der Waals surface area contributed by atoms with Crippen LogP contribution < -0.4 is 5.32 Å². The second-order valence-corrected chi connectivity index (χ2v) is 4.71. The van der Waals surface area contributed by atoms with Crippen molar-refractivity contribution in [3.8, 4) is 0 Å². The minimum absolute atomic E-state index is 0.314. The zero-order valence-electron chi connectivity index (χ0n) is 12.1. The van der Waals surface area contributed by atoms with Crippen LogP contribution in [0.15, 0.2) is 12.3 Å². The Morgan fingerprint density at radius 1 is 1.39 bits per heavy atom. The number of rotatable bonds is 9. The quantitative estimate of drug-likeness (QED) is 0.735. The van der Waals surface area contributed by atoms with Gasteiger partial charge in [0.2, 0.25) is 0 Å². The standard InChI is InChI=1S/C14H27N3O/c1-5-11-17-14(9-10-16-17)13(15-6-2)8-7-12(3)18-4/h9-10,12-13,15H,5-8,11H2,1-4H3. The van der Waals surface area contributed by atoms with Gasteiger partial charge in [0.1, 0.15) is 0 Å². The Balaban J connectivity index is 2.67. The van der Waals surface area contributed by atoms with Crippen LogP contribution in [0.4, 0.5) is 0 Å². The van der Waals surface area contributed by atoms with Crippen molar-refractivity contribution in [2.24, 2.45) is 0 Å². The van der Waals surface area contributed by atoms with Crippen LogP contribution in [0.3, 0.4) is 0 Å². The number of nitrogens with one attached hydrogen (secondary N) is 1. The highest BCUT2D eigenvalue weighted by Crippen LogP contribution is 2.20. The lowest BCUT2D eigenvalue weighted by molar-refractivity contribution is 0.106. The van der Waals surface area contributed by atoms with Crippen LogP contribution >= 0.6 is 0 Å². The van der Waals surface area contributed by atoms with Crippen LogP contribution in [0.5, 0.6) is 0 Å². The van der Waals surface area contributed by atoms with E-state index >= 15 is 0 Å². The van der Waals surface area contributed by atoms with Crippen molar-refractivity contribution in [2.75, 3.05) is 13.7 Å². The lowest BCUT2D eigenvalue weighted by atomic mass is 10.1. The second kappa shape index (κ2) is 8.27. The predicted octanol–water partition coefficient (Wildman–Crippen LogP) is 2.76. The molecule has 1 N–H and O–H groups in total. The van der Waals surface area contributed by atoms with Crippen LogP contribution in [0.25, 0.3) is 0 Å². The van der Waals surface area contributed by atoms with Gasteiger partial charge in [-0.1, -0.05) is 13.8 Å². The summed E-state index contributed by atoms with van der Waals surface area (Å²) in [6.07, 6.45) is 5.47. The average molecular weight is 253 g/mol. The number of aromatic nitrogens is 2. The molecule has 1 aromatic heterocycles. The van der Waals surface area contributed by atoms with Gasteiger partial charge in [0.05, 0.1) is 11.8 Å². The summed E-state index contributed by atoms with van der Waals surface area (Å²) in [7, 11) is 1.77. The molecule has 0 fully saturated rings. The summed E-state index contributed by atoms with van der Waals surface area (Å²) < 4.78 is 7.44. The fourth-order valence-corrected chi connectivity index (χ4v) is 2.16. The average Bonchev–Trinajstić information content (AvgIpc) is 2.82. The lowest BCUT2D eigenvalue weighted by Crippen LogP contribution is -2.25. The van der Waals surface area contributed by atoms with E-state index in [9.17, 15) is 0 Å². The molecule has 0 aliphatic carbocycles. The molecule has 0 saturated carbocycles. The van der Waals surface area contributed by atoms with Crippen LogP contribution in [-0.2, 0) is 11.3 Å². The zero-order chi connectivity index (χ0) is 13.4. The highest BCUT2D eigenvalue weighted by atomic mass is 16.5. The summed E-state index contributed by atoms with van der Waals surface area (Å²) in [5.41, 5.74) is 1.29. The second-order valence-electron chi connectivity index (χ2n) is 4.71. The van der Waals surface area contributed by atoms with Crippen LogP contribution in [0.1, 0.15) is 51.8 Å². The third-order valence-corrected chi connectivity index (χ3v) is 3.26. The monoisotopic (exact) mass is 253 g/mol. The summed E-state index contributed by atoms with van der Waals surface area (Å²) in [5, 5.41) is 7.95. The number of nitrogens with zero attached hydrogens (tertiary/aromatic N) is 2. The molecule has 104 valence electrons. The van der Waals surface area contributed by atoms with Gasteiger partial charge < -0.3 is 10.1 Å². The first-order chi connectivity index (χ1) is 8.72. The predicted molar refractivity (Wildman–Crippen MR) is 74.6 cm³/mol. The van der Waals surface area contributed by atoms with Crippen molar-refractivity contribution in [3.05, 3.63) is 18.0 Å². The fraction of sp³-hybridized carbons (Fsp3) is 0.786. The van der Waals surface area contributed by atoms with Crippen LogP contribution in [0, 0.1) is 0 Å². The number of hydrogen-bond acceptors (Lipinski definition) is 3. The van der Waals surface area contributed by atoms with Crippen LogP contribution in [0.2, 0.25) is 0 Å². The van der Waals surface area contributed by atoms with E-state index in [-0.39, 0.29) is 0 Å². The minimum atomic E-state index is 0.314. The number of methoxy groups -OCH3 is 1. The van der Waals surface area contributed by atoms with Gasteiger partial charge in [0.15, 0.2) is 0 Å². The molecule has 0 spiro atoms. The summed E-state index contributed by atoms with van der Waals surface area (Å²) in [4.78, 5) is 0. The summed E-state index contributed by atoms with van der Waals surface area (Å²) >= 11 is 0. The third kappa shape index (κ3) is 4.42. The van der Waals surface area contributed by atoms with Crippen LogP contribution in [-0.4, -0.2) is 29.5 Å². The molecule has 18 heavy (non-hydrogen) atoms. The summed E-state index contributed by atoms with van der Waals surface area (Å²) in [5.74, 6) is 0. The molecule has 1 aromatic rings. The maximum Gasteiger partial charge on any atom is 0.0553 e. The molecule has 1 rings (SSSR count). The summed E-state index contributed by atoms with van der Waals surface area (Å²) in [6.45, 7) is 8.41. The van der Waals surface area contributed by atoms with Gasteiger partial charge in [0.25, 0.3) is 0 Å². The van der Waals surface area contributed by atoms with E-state index in [1.807, 2.05) is 6.20 Å². The van der Waals surface area contributed by atoms with Gasteiger partial charge >= 0.3 is 0 Å². The highest BCUT2D eigenvalue weighted by molar-refractivity contribution is 5.07. The van der Waals surface area contributed by atoms with Gasteiger partial charge in [-0.05, 0) is 38.8 Å². The topological polar surface area (TPSA) is 39.1 Å². The first-order valence-electron chi connectivity index (χ1n) is 7.00. The maximum atomic E-state index is 5.32. The van der Waals surface area contributed by atoms with E-state index < -0.39 is 0 Å². The number of ether oxygens (including phenoxy) is 1. The van der Waals surface area contributed by atoms with Crippen molar-refractivity contribution >= 4 is 0 Å².